The Morgan fingerprint density at radius 2 is 1.82 bits per heavy atom. The van der Waals surface area contributed by atoms with Crippen molar-refractivity contribution in [3.63, 3.8) is 0 Å². The normalized spacial score (nSPS) is 47.1. The van der Waals surface area contributed by atoms with Crippen molar-refractivity contribution in [2.45, 2.75) is 96.2 Å². The van der Waals surface area contributed by atoms with Gasteiger partial charge in [0.2, 0.25) is 5.12 Å². The van der Waals surface area contributed by atoms with E-state index in [4.69, 9.17) is 4.74 Å². The van der Waals surface area contributed by atoms with Crippen molar-refractivity contribution in [3.8, 4) is 0 Å². The molecule has 210 valence electrons. The summed E-state index contributed by atoms with van der Waals surface area (Å²) in [6.07, 6.45) is 3.17. The van der Waals surface area contributed by atoms with Crippen LogP contribution >= 0.6 is 11.8 Å². The van der Waals surface area contributed by atoms with E-state index in [0.717, 1.165) is 18.9 Å². The molecule has 0 heterocycles. The monoisotopic (exact) mass is 554 g/mol. The van der Waals surface area contributed by atoms with Gasteiger partial charge in [-0.2, -0.15) is 0 Å². The Labute approximate surface area is 226 Å². The Hall–Kier alpha value is -1.61. The van der Waals surface area contributed by atoms with E-state index >= 15 is 8.78 Å². The van der Waals surface area contributed by atoms with Crippen LogP contribution in [0.3, 0.4) is 0 Å². The number of hydrogen-bond acceptors (Lipinski definition) is 6. The number of carbonyl (C=O) groups excluding carboxylic acids is 3. The molecule has 0 aromatic rings. The minimum Gasteiger partial charge on any atom is -0.449 e. The summed E-state index contributed by atoms with van der Waals surface area (Å²) in [6, 6.07) is -1.01. The fraction of sp³-hybridized carbons (Fsp3) is 0.759. The number of aliphatic hydroxyl groups excluding tert-OH is 1. The summed E-state index contributed by atoms with van der Waals surface area (Å²) >= 11 is 0.427. The zero-order chi connectivity index (χ0) is 27.9. The highest BCUT2D eigenvalue weighted by molar-refractivity contribution is 8.13. The summed E-state index contributed by atoms with van der Waals surface area (Å²) in [6.45, 7) is 6.79. The van der Waals surface area contributed by atoms with Crippen molar-refractivity contribution in [1.82, 2.24) is 0 Å². The van der Waals surface area contributed by atoms with Crippen molar-refractivity contribution in [2.24, 2.45) is 34.0 Å². The van der Waals surface area contributed by atoms with Crippen LogP contribution in [0.4, 0.5) is 13.2 Å². The van der Waals surface area contributed by atoms with Crippen LogP contribution in [0.1, 0.15) is 72.6 Å². The lowest BCUT2D eigenvalue weighted by Gasteiger charge is -2.63. The standard InChI is InChI=1S/C29H37F3O5S/c1-16-11-18-19-13-21(31)20-12-17(33)7-10-26(20,3)28(19,32)22(34)14-27(18,4)29(16,24(36)38-15-30)37-23(35)25(2)8-5-6-9-25/h7,10,12,16,18-19,21-22,34H,5-6,8-9,11,13-15H2,1-4H3/t16-,18+,19+,21+,22+,26+,27+,28+,29+/m1/s1. The summed E-state index contributed by atoms with van der Waals surface area (Å²) in [5.74, 6) is -3.19. The topological polar surface area (TPSA) is 80.7 Å². The molecule has 0 spiro atoms. The van der Waals surface area contributed by atoms with Crippen LogP contribution in [0.2, 0.25) is 0 Å². The SMILES string of the molecule is C[C@@H]1C[C@H]2[C@@H]3C[C@H](F)C4=CC(=O)C=C[C@]4(C)[C@@]3(F)[C@@H](O)C[C@]2(C)[C@@]1(OC(=O)C1(C)CCCC1)C(=O)SCF. The number of alkyl halides is 3. The van der Waals surface area contributed by atoms with E-state index in [1.165, 1.54) is 19.1 Å². The van der Waals surface area contributed by atoms with Gasteiger partial charge in [-0.1, -0.05) is 32.8 Å². The smallest absolute Gasteiger partial charge is 0.312 e. The maximum Gasteiger partial charge on any atom is 0.312 e. The highest BCUT2D eigenvalue weighted by Gasteiger charge is 2.78. The molecular formula is C29H37F3O5S. The van der Waals surface area contributed by atoms with Crippen molar-refractivity contribution >= 4 is 28.6 Å². The predicted molar refractivity (Wildman–Crippen MR) is 137 cm³/mol. The van der Waals surface area contributed by atoms with E-state index < -0.39 is 80.4 Å². The molecule has 5 rings (SSSR count). The quantitative estimate of drug-likeness (QED) is 0.456. The minimum absolute atomic E-state index is 0.0216. The van der Waals surface area contributed by atoms with Gasteiger partial charge in [-0.05, 0) is 81.4 Å². The Bertz CT molecular complexity index is 1120. The maximum atomic E-state index is 17.5. The van der Waals surface area contributed by atoms with Gasteiger partial charge in [-0.15, -0.1) is 0 Å². The number of halogens is 3. The number of thioether (sulfide) groups is 1. The molecule has 38 heavy (non-hydrogen) atoms. The molecule has 0 saturated heterocycles. The third-order valence-corrected chi connectivity index (χ3v) is 11.8. The molecule has 4 saturated carbocycles. The van der Waals surface area contributed by atoms with Crippen molar-refractivity contribution in [1.29, 1.82) is 0 Å². The molecule has 5 aliphatic carbocycles. The summed E-state index contributed by atoms with van der Waals surface area (Å²) in [5.41, 5.74) is -7.66. The summed E-state index contributed by atoms with van der Waals surface area (Å²) in [7, 11) is 0. The molecule has 1 N–H and O–H groups in total. The zero-order valence-corrected chi connectivity index (χ0v) is 23.2. The lowest BCUT2D eigenvalue weighted by molar-refractivity contribution is -0.231. The molecule has 5 nitrogen and oxygen atoms in total. The third kappa shape index (κ3) is 3.39. The first kappa shape index (κ1) is 27.9. The van der Waals surface area contributed by atoms with E-state index in [1.807, 2.05) is 6.92 Å². The largest absolute Gasteiger partial charge is 0.449 e. The van der Waals surface area contributed by atoms with Crippen LogP contribution < -0.4 is 0 Å². The number of carbonyl (C=O) groups is 3. The fourth-order valence-electron chi connectivity index (χ4n) is 9.00. The van der Waals surface area contributed by atoms with Gasteiger partial charge in [0.05, 0.1) is 11.5 Å². The fourth-order valence-corrected chi connectivity index (χ4v) is 9.79. The van der Waals surface area contributed by atoms with Gasteiger partial charge in [-0.25, -0.2) is 13.2 Å². The lowest BCUT2D eigenvalue weighted by atomic mass is 9.44. The summed E-state index contributed by atoms with van der Waals surface area (Å²) in [5, 5.41) is 10.9. The van der Waals surface area contributed by atoms with Crippen LogP contribution in [0.15, 0.2) is 23.8 Å². The third-order valence-electron chi connectivity index (χ3n) is 11.1. The second-order valence-electron chi connectivity index (χ2n) is 12.9. The number of hydrogen-bond donors (Lipinski definition) is 1. The van der Waals surface area contributed by atoms with E-state index in [-0.39, 0.29) is 24.8 Å². The lowest BCUT2D eigenvalue weighted by Crippen LogP contribution is -2.71. The second-order valence-corrected chi connectivity index (χ2v) is 13.8. The first-order valence-electron chi connectivity index (χ1n) is 13.6. The number of allylic oxidation sites excluding steroid dienone is 4. The van der Waals surface area contributed by atoms with Gasteiger partial charge in [0.15, 0.2) is 17.1 Å². The van der Waals surface area contributed by atoms with E-state index in [9.17, 15) is 23.9 Å². The number of rotatable bonds is 4. The molecule has 0 aliphatic heterocycles. The highest BCUT2D eigenvalue weighted by Crippen LogP contribution is 2.72. The second kappa shape index (κ2) is 8.95. The van der Waals surface area contributed by atoms with Crippen LogP contribution in [0, 0.1) is 34.0 Å². The Morgan fingerprint density at radius 1 is 1.16 bits per heavy atom. The van der Waals surface area contributed by atoms with Gasteiger partial charge >= 0.3 is 5.97 Å². The predicted octanol–water partition coefficient (Wildman–Crippen LogP) is 5.60. The van der Waals surface area contributed by atoms with Crippen LogP contribution in [0.5, 0.6) is 0 Å². The van der Waals surface area contributed by atoms with E-state index in [2.05, 4.69) is 0 Å². The van der Waals surface area contributed by atoms with E-state index in [0.29, 0.717) is 24.6 Å². The van der Waals surface area contributed by atoms with Gasteiger partial charge in [-0.3, -0.25) is 14.4 Å². The Morgan fingerprint density at radius 3 is 2.45 bits per heavy atom. The first-order chi connectivity index (χ1) is 17.7. The molecule has 0 aromatic heterocycles. The number of ether oxygens (including phenoxy) is 1. The van der Waals surface area contributed by atoms with Crippen LogP contribution in [-0.2, 0) is 19.1 Å². The van der Waals surface area contributed by atoms with E-state index in [1.54, 1.807) is 13.8 Å². The first-order valence-corrected chi connectivity index (χ1v) is 14.6. The Kier molecular flexibility index (Phi) is 6.58. The molecule has 9 heteroatoms. The summed E-state index contributed by atoms with van der Waals surface area (Å²) in [4.78, 5) is 39.4. The number of esters is 1. The molecule has 0 unspecified atom stereocenters. The van der Waals surface area contributed by atoms with Gasteiger partial charge < -0.3 is 9.84 Å². The van der Waals surface area contributed by atoms with Crippen molar-refractivity contribution in [2.75, 3.05) is 6.01 Å². The average Bonchev–Trinajstić information content (AvgIpc) is 3.39. The number of fused-ring (bicyclic) bond motifs is 5. The average molecular weight is 555 g/mol. The molecule has 5 aliphatic rings. The van der Waals surface area contributed by atoms with Gasteiger partial charge in [0, 0.05) is 22.7 Å². The minimum atomic E-state index is -2.31. The molecule has 0 radical (unpaired) electrons. The summed E-state index contributed by atoms with van der Waals surface area (Å²) < 4.78 is 53.0. The van der Waals surface area contributed by atoms with Crippen LogP contribution in [0.25, 0.3) is 0 Å². The maximum absolute atomic E-state index is 17.5. The molecule has 4 fully saturated rings. The Balaban J connectivity index is 1.62. The van der Waals surface area contributed by atoms with Gasteiger partial charge in [0.25, 0.3) is 0 Å². The number of ketones is 1. The molecule has 9 atom stereocenters. The van der Waals surface area contributed by atoms with Crippen LogP contribution in [-0.4, -0.2) is 51.5 Å². The van der Waals surface area contributed by atoms with Gasteiger partial charge in [0.1, 0.15) is 12.2 Å². The molecule has 0 bridgehead atoms. The van der Waals surface area contributed by atoms with Crippen molar-refractivity contribution in [3.05, 3.63) is 23.8 Å². The molecular weight excluding hydrogens is 517 g/mol. The van der Waals surface area contributed by atoms with Crippen molar-refractivity contribution < 1.29 is 37.4 Å². The zero-order valence-electron chi connectivity index (χ0n) is 22.4. The molecule has 0 aromatic carbocycles. The number of aliphatic hydroxyl groups is 1. The molecule has 0 amide bonds. The highest BCUT2D eigenvalue weighted by atomic mass is 32.2.